The predicted molar refractivity (Wildman–Crippen MR) is 65.0 cm³/mol. The molecule has 0 spiro atoms. The fraction of sp³-hybridized carbons (Fsp3) is 1.00. The normalized spacial score (nSPS) is 28.1. The summed E-state index contributed by atoms with van der Waals surface area (Å²) in [5.74, 6) is 0. The zero-order valence-corrected chi connectivity index (χ0v) is 10.8. The van der Waals surface area contributed by atoms with Crippen LogP contribution >= 0.6 is 0 Å². The van der Waals surface area contributed by atoms with E-state index in [-0.39, 0.29) is 6.04 Å². The molecule has 0 saturated carbocycles. The second kappa shape index (κ2) is 6.10. The van der Waals surface area contributed by atoms with Crippen LogP contribution in [-0.2, 0) is 14.9 Å². The van der Waals surface area contributed by atoms with Crippen LogP contribution in [0.5, 0.6) is 0 Å². The van der Waals surface area contributed by atoms with Gasteiger partial charge in [-0.25, -0.2) is 4.72 Å². The molecule has 2 fully saturated rings. The van der Waals surface area contributed by atoms with Crippen molar-refractivity contribution in [3.05, 3.63) is 0 Å². The van der Waals surface area contributed by atoms with E-state index in [0.29, 0.717) is 32.8 Å². The molecule has 2 N–H and O–H groups in total. The lowest BCUT2D eigenvalue weighted by Gasteiger charge is -2.28. The van der Waals surface area contributed by atoms with Gasteiger partial charge in [-0.3, -0.25) is 0 Å². The van der Waals surface area contributed by atoms with Crippen LogP contribution in [0.2, 0.25) is 0 Å². The molecule has 17 heavy (non-hydrogen) atoms. The van der Waals surface area contributed by atoms with E-state index < -0.39 is 10.2 Å². The molecule has 1 unspecified atom stereocenters. The van der Waals surface area contributed by atoms with Gasteiger partial charge < -0.3 is 10.1 Å². The number of hydrogen-bond donors (Lipinski definition) is 2. The molecule has 2 aliphatic rings. The van der Waals surface area contributed by atoms with Crippen molar-refractivity contribution in [1.29, 1.82) is 0 Å². The number of nitrogens with one attached hydrogen (secondary N) is 2. The van der Waals surface area contributed by atoms with Crippen LogP contribution < -0.4 is 10.0 Å². The lowest BCUT2D eigenvalue weighted by molar-refractivity contribution is 0.0782. The van der Waals surface area contributed by atoms with Gasteiger partial charge >= 0.3 is 0 Å². The molecular formula is C10H21N3O3S. The minimum absolute atomic E-state index is 0.0864. The largest absolute Gasteiger partial charge is 0.378 e. The summed E-state index contributed by atoms with van der Waals surface area (Å²) in [6, 6.07) is 0.0864. The Balaban J connectivity index is 1.79. The summed E-state index contributed by atoms with van der Waals surface area (Å²) in [7, 11) is -3.29. The summed E-state index contributed by atoms with van der Waals surface area (Å²) in [6.07, 6.45) is 3.06. The minimum Gasteiger partial charge on any atom is -0.378 e. The van der Waals surface area contributed by atoms with E-state index in [9.17, 15) is 8.42 Å². The average molecular weight is 263 g/mol. The SMILES string of the molecule is O=S(=O)(NCC1COCCN1)N1CCCCC1. The van der Waals surface area contributed by atoms with E-state index in [1.54, 1.807) is 4.31 Å². The molecule has 2 saturated heterocycles. The maximum Gasteiger partial charge on any atom is 0.279 e. The third-order valence-electron chi connectivity index (χ3n) is 3.17. The van der Waals surface area contributed by atoms with Crippen LogP contribution in [0.3, 0.4) is 0 Å². The van der Waals surface area contributed by atoms with Gasteiger partial charge in [-0.05, 0) is 12.8 Å². The van der Waals surface area contributed by atoms with Crippen LogP contribution in [0.1, 0.15) is 19.3 Å². The lowest BCUT2D eigenvalue weighted by atomic mass is 10.2. The number of hydrogen-bond acceptors (Lipinski definition) is 4. The second-order valence-electron chi connectivity index (χ2n) is 4.54. The monoisotopic (exact) mass is 263 g/mol. The molecule has 2 heterocycles. The summed E-state index contributed by atoms with van der Waals surface area (Å²) in [4.78, 5) is 0. The Morgan fingerprint density at radius 1 is 1.29 bits per heavy atom. The molecule has 2 rings (SSSR count). The van der Waals surface area contributed by atoms with Gasteiger partial charge in [0.2, 0.25) is 0 Å². The highest BCUT2D eigenvalue weighted by atomic mass is 32.2. The van der Waals surface area contributed by atoms with Crippen LogP contribution in [0, 0.1) is 0 Å². The maximum atomic E-state index is 12.0. The maximum absolute atomic E-state index is 12.0. The third kappa shape index (κ3) is 3.89. The van der Waals surface area contributed by atoms with Gasteiger partial charge in [-0.15, -0.1) is 0 Å². The summed E-state index contributed by atoms with van der Waals surface area (Å²) in [5, 5.41) is 3.22. The topological polar surface area (TPSA) is 70.7 Å². The predicted octanol–water partition coefficient (Wildman–Crippen LogP) is -0.705. The van der Waals surface area contributed by atoms with Gasteiger partial charge in [0.25, 0.3) is 10.2 Å². The van der Waals surface area contributed by atoms with E-state index in [0.717, 1.165) is 25.8 Å². The van der Waals surface area contributed by atoms with Crippen molar-refractivity contribution in [2.24, 2.45) is 0 Å². The fourth-order valence-corrected chi connectivity index (χ4v) is 3.49. The number of morpholine rings is 1. The second-order valence-corrected chi connectivity index (χ2v) is 6.29. The van der Waals surface area contributed by atoms with Crippen molar-refractivity contribution in [2.45, 2.75) is 25.3 Å². The number of rotatable bonds is 4. The van der Waals surface area contributed by atoms with Crippen molar-refractivity contribution >= 4 is 10.2 Å². The number of piperidine rings is 1. The molecule has 0 bridgehead atoms. The molecule has 1 atom stereocenters. The zero-order valence-electron chi connectivity index (χ0n) is 10.0. The van der Waals surface area contributed by atoms with E-state index in [4.69, 9.17) is 4.74 Å². The van der Waals surface area contributed by atoms with Crippen LogP contribution in [0.15, 0.2) is 0 Å². The number of nitrogens with zero attached hydrogens (tertiary/aromatic N) is 1. The molecule has 0 aliphatic carbocycles. The van der Waals surface area contributed by atoms with Gasteiger partial charge in [-0.1, -0.05) is 6.42 Å². The molecule has 0 aromatic heterocycles. The Kier molecular flexibility index (Phi) is 4.75. The lowest BCUT2D eigenvalue weighted by Crippen LogP contribution is -2.51. The molecule has 2 aliphatic heterocycles. The van der Waals surface area contributed by atoms with E-state index >= 15 is 0 Å². The zero-order chi connectivity index (χ0) is 12.1. The molecule has 0 aromatic rings. The van der Waals surface area contributed by atoms with Crippen LogP contribution in [0.4, 0.5) is 0 Å². The van der Waals surface area contributed by atoms with Crippen LogP contribution in [0.25, 0.3) is 0 Å². The first-order valence-electron chi connectivity index (χ1n) is 6.24. The van der Waals surface area contributed by atoms with E-state index in [2.05, 4.69) is 10.0 Å². The van der Waals surface area contributed by atoms with Crippen molar-refractivity contribution in [1.82, 2.24) is 14.3 Å². The van der Waals surface area contributed by atoms with E-state index in [1.807, 2.05) is 0 Å². The van der Waals surface area contributed by atoms with Gasteiger partial charge in [0.15, 0.2) is 0 Å². The fourth-order valence-electron chi connectivity index (χ4n) is 2.15. The molecule has 6 nitrogen and oxygen atoms in total. The highest BCUT2D eigenvalue weighted by Crippen LogP contribution is 2.11. The first kappa shape index (κ1) is 13.2. The van der Waals surface area contributed by atoms with Crippen molar-refractivity contribution in [3.8, 4) is 0 Å². The molecule has 100 valence electrons. The number of ether oxygens (including phenoxy) is 1. The highest BCUT2D eigenvalue weighted by Gasteiger charge is 2.24. The van der Waals surface area contributed by atoms with Gasteiger partial charge in [0, 0.05) is 32.2 Å². The molecule has 0 amide bonds. The summed E-state index contributed by atoms with van der Waals surface area (Å²) in [5.41, 5.74) is 0. The molecule has 0 radical (unpaired) electrons. The smallest absolute Gasteiger partial charge is 0.279 e. The first-order chi connectivity index (χ1) is 8.18. The molecular weight excluding hydrogens is 242 g/mol. The Hall–Kier alpha value is -0.210. The molecule has 7 heteroatoms. The quantitative estimate of drug-likeness (QED) is 0.703. The Bertz CT molecular complexity index is 322. The summed E-state index contributed by atoms with van der Waals surface area (Å²) < 4.78 is 33.4. The minimum atomic E-state index is -3.29. The average Bonchev–Trinajstić information content (AvgIpc) is 2.39. The van der Waals surface area contributed by atoms with Gasteiger partial charge in [-0.2, -0.15) is 12.7 Å². The van der Waals surface area contributed by atoms with E-state index in [1.165, 1.54) is 0 Å². The Morgan fingerprint density at radius 3 is 2.71 bits per heavy atom. The van der Waals surface area contributed by atoms with Gasteiger partial charge in [0.1, 0.15) is 0 Å². The molecule has 0 aromatic carbocycles. The third-order valence-corrected chi connectivity index (χ3v) is 4.74. The Labute approximate surface area is 103 Å². The van der Waals surface area contributed by atoms with Crippen molar-refractivity contribution < 1.29 is 13.2 Å². The highest BCUT2D eigenvalue weighted by molar-refractivity contribution is 7.87. The first-order valence-corrected chi connectivity index (χ1v) is 7.68. The van der Waals surface area contributed by atoms with Gasteiger partial charge in [0.05, 0.1) is 13.2 Å². The standard InChI is InChI=1S/C10H21N3O3S/c14-17(15,13-5-2-1-3-6-13)12-8-10-9-16-7-4-11-10/h10-12H,1-9H2. The summed E-state index contributed by atoms with van der Waals surface area (Å²) in [6.45, 7) is 3.75. The van der Waals surface area contributed by atoms with Crippen molar-refractivity contribution in [3.63, 3.8) is 0 Å². The Morgan fingerprint density at radius 2 is 2.06 bits per heavy atom. The van der Waals surface area contributed by atoms with Crippen molar-refractivity contribution in [2.75, 3.05) is 39.4 Å². The van der Waals surface area contributed by atoms with Crippen LogP contribution in [-0.4, -0.2) is 58.2 Å². The summed E-state index contributed by atoms with van der Waals surface area (Å²) >= 11 is 0.